The van der Waals surface area contributed by atoms with E-state index in [9.17, 15) is 9.59 Å². The number of amides is 3. The van der Waals surface area contributed by atoms with Crippen molar-refractivity contribution in [2.45, 2.75) is 26.9 Å². The highest BCUT2D eigenvalue weighted by atomic mass is 16.2. The molecule has 0 bridgehead atoms. The van der Waals surface area contributed by atoms with Crippen LogP contribution >= 0.6 is 0 Å². The topological polar surface area (TPSA) is 61.4 Å². The van der Waals surface area contributed by atoms with E-state index in [1.165, 1.54) is 0 Å². The third-order valence-corrected chi connectivity index (χ3v) is 3.79. The van der Waals surface area contributed by atoms with Gasteiger partial charge in [-0.15, -0.1) is 0 Å². The molecule has 2 N–H and O–H groups in total. The van der Waals surface area contributed by atoms with E-state index in [2.05, 4.69) is 10.6 Å². The number of carbonyl (C=O) groups excluding carboxylic acids is 2. The van der Waals surface area contributed by atoms with Gasteiger partial charge in [0.25, 0.3) is 0 Å². The molecule has 0 heterocycles. The maximum absolute atomic E-state index is 12.3. The molecule has 0 unspecified atom stereocenters. The van der Waals surface area contributed by atoms with Crippen LogP contribution < -0.4 is 10.6 Å². The maximum Gasteiger partial charge on any atom is 0.321 e. The fourth-order valence-electron chi connectivity index (χ4n) is 2.56. The number of hydrogen-bond donors (Lipinski definition) is 2. The minimum absolute atomic E-state index is 0.152. The normalized spacial score (nSPS) is 10.8. The van der Waals surface area contributed by atoms with Crippen LogP contribution in [0.3, 0.4) is 0 Å². The Morgan fingerprint density at radius 1 is 0.885 bits per heavy atom. The molecule has 0 aliphatic rings. The molecule has 0 aliphatic carbocycles. The van der Waals surface area contributed by atoms with Crippen LogP contribution in [-0.4, -0.2) is 29.9 Å². The van der Waals surface area contributed by atoms with Crippen molar-refractivity contribution in [3.8, 4) is 0 Å². The van der Waals surface area contributed by atoms with Crippen molar-refractivity contribution in [3.05, 3.63) is 71.8 Å². The molecule has 5 nitrogen and oxygen atoms in total. The van der Waals surface area contributed by atoms with E-state index in [-0.39, 0.29) is 12.5 Å². The second kappa shape index (κ2) is 10.4. The van der Waals surface area contributed by atoms with E-state index >= 15 is 0 Å². The molecule has 2 aromatic carbocycles. The second-order valence-electron chi connectivity index (χ2n) is 6.77. The van der Waals surface area contributed by atoms with Gasteiger partial charge in [0, 0.05) is 19.6 Å². The number of carbonyl (C=O) groups is 2. The summed E-state index contributed by atoms with van der Waals surface area (Å²) in [4.78, 5) is 26.1. The Morgan fingerprint density at radius 3 is 1.85 bits per heavy atom. The Morgan fingerprint density at radius 2 is 1.38 bits per heavy atom. The Labute approximate surface area is 155 Å². The van der Waals surface area contributed by atoms with Crippen LogP contribution in [0, 0.1) is 5.92 Å². The molecule has 2 aromatic rings. The van der Waals surface area contributed by atoms with E-state index in [1.807, 2.05) is 79.4 Å². The first-order valence-electron chi connectivity index (χ1n) is 8.91. The summed E-state index contributed by atoms with van der Waals surface area (Å²) in [7, 11) is 0. The number of benzene rings is 2. The molecule has 2 rings (SSSR count). The van der Waals surface area contributed by atoms with E-state index in [4.69, 9.17) is 0 Å². The number of nitrogens with one attached hydrogen (secondary N) is 2. The molecular formula is C21H27N3O2. The van der Waals surface area contributed by atoms with E-state index in [0.717, 1.165) is 11.1 Å². The lowest BCUT2D eigenvalue weighted by molar-refractivity contribution is -0.121. The van der Waals surface area contributed by atoms with E-state index in [1.54, 1.807) is 0 Å². The van der Waals surface area contributed by atoms with Crippen LogP contribution in [0.1, 0.15) is 25.0 Å². The van der Waals surface area contributed by atoms with Gasteiger partial charge in [-0.1, -0.05) is 74.5 Å². The van der Waals surface area contributed by atoms with Gasteiger partial charge in [-0.05, 0) is 17.0 Å². The Bertz CT molecular complexity index is 645. The summed E-state index contributed by atoms with van der Waals surface area (Å²) in [5.41, 5.74) is 2.25. The minimum atomic E-state index is -0.442. The molecule has 0 saturated heterocycles. The summed E-state index contributed by atoms with van der Waals surface area (Å²) in [5.74, 6) is 0.0293. The first kappa shape index (κ1) is 19.7. The summed E-state index contributed by atoms with van der Waals surface area (Å²) < 4.78 is 0. The Hall–Kier alpha value is -2.66. The zero-order chi connectivity index (χ0) is 18.8. The molecule has 0 radical (unpaired) electrons. The predicted molar refractivity (Wildman–Crippen MR) is 103 cm³/mol. The van der Waals surface area contributed by atoms with E-state index in [0.29, 0.717) is 25.6 Å². The van der Waals surface area contributed by atoms with Gasteiger partial charge in [-0.2, -0.15) is 0 Å². The average Bonchev–Trinajstić information content (AvgIpc) is 2.61. The van der Waals surface area contributed by atoms with Gasteiger partial charge in [0.1, 0.15) is 0 Å². The highest BCUT2D eigenvalue weighted by Crippen LogP contribution is 2.09. The van der Waals surface area contributed by atoms with Crippen LogP contribution in [0.15, 0.2) is 60.7 Å². The van der Waals surface area contributed by atoms with Crippen molar-refractivity contribution < 1.29 is 9.59 Å². The predicted octanol–water partition coefficient (Wildman–Crippen LogP) is 3.17. The first-order valence-corrected chi connectivity index (χ1v) is 8.91. The van der Waals surface area contributed by atoms with E-state index < -0.39 is 6.03 Å². The molecular weight excluding hydrogens is 326 g/mol. The van der Waals surface area contributed by atoms with Crippen molar-refractivity contribution in [2.24, 2.45) is 5.92 Å². The summed E-state index contributed by atoms with van der Waals surface area (Å²) in [5, 5.41) is 5.10. The minimum Gasteiger partial charge on any atom is -0.338 e. The molecule has 5 heteroatoms. The molecule has 3 amide bonds. The molecule has 0 spiro atoms. The fraction of sp³-hybridized carbons (Fsp3) is 0.333. The summed E-state index contributed by atoms with van der Waals surface area (Å²) >= 11 is 0. The maximum atomic E-state index is 12.3. The number of imide groups is 1. The lowest BCUT2D eigenvalue weighted by Gasteiger charge is -2.22. The second-order valence-corrected chi connectivity index (χ2v) is 6.77. The van der Waals surface area contributed by atoms with Crippen LogP contribution in [0.2, 0.25) is 0 Å². The van der Waals surface area contributed by atoms with Gasteiger partial charge in [-0.25, -0.2) is 4.79 Å². The highest BCUT2D eigenvalue weighted by molar-refractivity contribution is 5.95. The molecule has 0 atom stereocenters. The molecule has 138 valence electrons. The van der Waals surface area contributed by atoms with Gasteiger partial charge >= 0.3 is 6.03 Å². The smallest absolute Gasteiger partial charge is 0.321 e. The lowest BCUT2D eigenvalue weighted by atomic mass is 10.1. The zero-order valence-electron chi connectivity index (χ0n) is 15.4. The fourth-order valence-corrected chi connectivity index (χ4v) is 2.56. The van der Waals surface area contributed by atoms with Crippen LogP contribution in [0.5, 0.6) is 0 Å². The van der Waals surface area contributed by atoms with Crippen molar-refractivity contribution in [3.63, 3.8) is 0 Å². The summed E-state index contributed by atoms with van der Waals surface area (Å²) in [6, 6.07) is 19.6. The quantitative estimate of drug-likeness (QED) is 0.766. The van der Waals surface area contributed by atoms with Crippen molar-refractivity contribution in [1.82, 2.24) is 15.5 Å². The molecule has 0 aromatic heterocycles. The molecule has 0 saturated carbocycles. The third kappa shape index (κ3) is 7.49. The van der Waals surface area contributed by atoms with Gasteiger partial charge in [-0.3, -0.25) is 15.0 Å². The first-order chi connectivity index (χ1) is 12.5. The number of hydrogen-bond acceptors (Lipinski definition) is 3. The third-order valence-electron chi connectivity index (χ3n) is 3.79. The lowest BCUT2D eigenvalue weighted by Crippen LogP contribution is -2.45. The average molecular weight is 353 g/mol. The monoisotopic (exact) mass is 353 g/mol. The Balaban J connectivity index is 1.96. The SMILES string of the molecule is CC(C)CNC(=O)NC(=O)CN(Cc1ccccc1)Cc1ccccc1. The standard InChI is InChI=1S/C21H27N3O2/c1-17(2)13-22-21(26)23-20(25)16-24(14-18-9-5-3-6-10-18)15-19-11-7-4-8-12-19/h3-12,17H,13-16H2,1-2H3,(H2,22,23,25,26). The van der Waals surface area contributed by atoms with Crippen molar-refractivity contribution in [1.29, 1.82) is 0 Å². The number of rotatable bonds is 8. The number of urea groups is 1. The molecule has 26 heavy (non-hydrogen) atoms. The van der Waals surface area contributed by atoms with Crippen molar-refractivity contribution in [2.75, 3.05) is 13.1 Å². The molecule has 0 aliphatic heterocycles. The van der Waals surface area contributed by atoms with Crippen LogP contribution in [-0.2, 0) is 17.9 Å². The van der Waals surface area contributed by atoms with Gasteiger partial charge in [0.2, 0.25) is 5.91 Å². The van der Waals surface area contributed by atoms with Crippen molar-refractivity contribution >= 4 is 11.9 Å². The summed E-state index contributed by atoms with van der Waals surface area (Å²) in [6.07, 6.45) is 0. The van der Waals surface area contributed by atoms with Crippen LogP contribution in [0.4, 0.5) is 4.79 Å². The largest absolute Gasteiger partial charge is 0.338 e. The zero-order valence-corrected chi connectivity index (χ0v) is 15.4. The van der Waals surface area contributed by atoms with Gasteiger partial charge in [0.15, 0.2) is 0 Å². The van der Waals surface area contributed by atoms with Gasteiger partial charge in [0.05, 0.1) is 6.54 Å². The highest BCUT2D eigenvalue weighted by Gasteiger charge is 2.14. The summed E-state index contributed by atoms with van der Waals surface area (Å²) in [6.45, 7) is 5.97. The van der Waals surface area contributed by atoms with Gasteiger partial charge < -0.3 is 5.32 Å². The molecule has 0 fully saturated rings. The number of nitrogens with zero attached hydrogens (tertiary/aromatic N) is 1. The Kier molecular flexibility index (Phi) is 7.83. The van der Waals surface area contributed by atoms with Crippen LogP contribution in [0.25, 0.3) is 0 Å².